The lowest BCUT2D eigenvalue weighted by molar-refractivity contribution is 0.172. The molecule has 0 radical (unpaired) electrons. The Hall–Kier alpha value is -0.870. The van der Waals surface area contributed by atoms with Crippen LogP contribution in [0.2, 0.25) is 0 Å². The largest absolute Gasteiger partial charge is 0.443 e. The molecule has 0 bridgehead atoms. The number of hydrogen-bond donors (Lipinski definition) is 1. The summed E-state index contributed by atoms with van der Waals surface area (Å²) < 4.78 is 11.0. The van der Waals surface area contributed by atoms with Crippen molar-refractivity contribution >= 4 is 0 Å². The third-order valence-corrected chi connectivity index (χ3v) is 2.81. The number of aryl methyl sites for hydroxylation is 1. The molecule has 2 N–H and O–H groups in total. The number of ether oxygens (including phenoxy) is 1. The van der Waals surface area contributed by atoms with E-state index in [0.29, 0.717) is 13.2 Å². The quantitative estimate of drug-likeness (QED) is 0.770. The molecule has 0 aliphatic carbocycles. The molecule has 1 atom stereocenters. The second-order valence-electron chi connectivity index (χ2n) is 4.09. The maximum Gasteiger partial charge on any atom is 0.203 e. The molecule has 4 nitrogen and oxygen atoms in total. The molecule has 0 amide bonds. The molecule has 1 aromatic heterocycles. The first-order valence-corrected chi connectivity index (χ1v) is 4.90. The van der Waals surface area contributed by atoms with Gasteiger partial charge in [-0.2, -0.15) is 0 Å². The second-order valence-corrected chi connectivity index (χ2v) is 4.09. The molecule has 0 aromatic carbocycles. The third-order valence-electron chi connectivity index (χ3n) is 2.81. The van der Waals surface area contributed by atoms with Crippen molar-refractivity contribution in [2.75, 3.05) is 13.2 Å². The summed E-state index contributed by atoms with van der Waals surface area (Å²) in [5.74, 6) is 1.56. The van der Waals surface area contributed by atoms with Crippen LogP contribution in [0.1, 0.15) is 30.7 Å². The predicted molar refractivity (Wildman–Crippen MR) is 51.9 cm³/mol. The Morgan fingerprint density at radius 1 is 1.57 bits per heavy atom. The van der Waals surface area contributed by atoms with Crippen LogP contribution in [-0.2, 0) is 16.7 Å². The van der Waals surface area contributed by atoms with E-state index in [2.05, 4.69) is 11.9 Å². The summed E-state index contributed by atoms with van der Waals surface area (Å²) in [5, 5.41) is 0. The van der Waals surface area contributed by atoms with Gasteiger partial charge in [0.25, 0.3) is 0 Å². The monoisotopic (exact) mass is 196 g/mol. The van der Waals surface area contributed by atoms with Crippen LogP contribution in [0.25, 0.3) is 0 Å². The summed E-state index contributed by atoms with van der Waals surface area (Å²) >= 11 is 0. The second kappa shape index (κ2) is 3.37. The van der Waals surface area contributed by atoms with Crippen LogP contribution in [0.3, 0.4) is 0 Å². The molecule has 1 unspecified atom stereocenters. The summed E-state index contributed by atoms with van der Waals surface area (Å²) in [6, 6.07) is 0. The van der Waals surface area contributed by atoms with E-state index in [0.717, 1.165) is 30.4 Å². The summed E-state index contributed by atoms with van der Waals surface area (Å²) in [5.41, 5.74) is 6.38. The minimum absolute atomic E-state index is 0.0574. The fraction of sp³-hybridized carbons (Fsp3) is 0.700. The van der Waals surface area contributed by atoms with E-state index in [1.165, 1.54) is 0 Å². The smallest absolute Gasteiger partial charge is 0.203 e. The molecular formula is C10H16N2O2. The first kappa shape index (κ1) is 9.68. The van der Waals surface area contributed by atoms with E-state index >= 15 is 0 Å². The molecule has 4 heteroatoms. The van der Waals surface area contributed by atoms with Crippen LogP contribution < -0.4 is 5.73 Å². The SMILES string of the molecule is Cc1nc(C2(C)CCOC2)oc1CN. The van der Waals surface area contributed by atoms with Crippen molar-refractivity contribution in [1.29, 1.82) is 0 Å². The van der Waals surface area contributed by atoms with Crippen molar-refractivity contribution in [3.63, 3.8) is 0 Å². The van der Waals surface area contributed by atoms with Gasteiger partial charge in [-0.3, -0.25) is 0 Å². The molecule has 1 aliphatic heterocycles. The minimum Gasteiger partial charge on any atom is -0.443 e. The van der Waals surface area contributed by atoms with Crippen LogP contribution in [0.15, 0.2) is 4.42 Å². The number of nitrogens with two attached hydrogens (primary N) is 1. The Morgan fingerprint density at radius 2 is 2.36 bits per heavy atom. The zero-order valence-corrected chi connectivity index (χ0v) is 8.67. The first-order valence-electron chi connectivity index (χ1n) is 4.90. The molecule has 0 saturated carbocycles. The van der Waals surface area contributed by atoms with Gasteiger partial charge in [0.15, 0.2) is 0 Å². The van der Waals surface area contributed by atoms with Gasteiger partial charge in [0.2, 0.25) is 5.89 Å². The van der Waals surface area contributed by atoms with Gasteiger partial charge < -0.3 is 14.9 Å². The highest BCUT2D eigenvalue weighted by molar-refractivity contribution is 5.14. The molecule has 1 saturated heterocycles. The normalized spacial score (nSPS) is 27.1. The number of rotatable bonds is 2. The molecule has 2 heterocycles. The molecule has 14 heavy (non-hydrogen) atoms. The highest BCUT2D eigenvalue weighted by Crippen LogP contribution is 2.32. The van der Waals surface area contributed by atoms with Crippen molar-refractivity contribution in [3.05, 3.63) is 17.3 Å². The molecule has 1 aliphatic rings. The first-order chi connectivity index (χ1) is 6.65. The van der Waals surface area contributed by atoms with Crippen molar-refractivity contribution in [2.24, 2.45) is 5.73 Å². The highest BCUT2D eigenvalue weighted by atomic mass is 16.5. The average molecular weight is 196 g/mol. The van der Waals surface area contributed by atoms with Crippen molar-refractivity contribution in [2.45, 2.75) is 32.2 Å². The van der Waals surface area contributed by atoms with E-state index < -0.39 is 0 Å². The molecular weight excluding hydrogens is 180 g/mol. The van der Waals surface area contributed by atoms with Crippen LogP contribution in [0.4, 0.5) is 0 Å². The van der Waals surface area contributed by atoms with Crippen LogP contribution in [0.5, 0.6) is 0 Å². The summed E-state index contributed by atoms with van der Waals surface area (Å²) in [6.45, 7) is 5.93. The number of nitrogens with zero attached hydrogens (tertiary/aromatic N) is 1. The minimum atomic E-state index is -0.0574. The Bertz CT molecular complexity index is 327. The van der Waals surface area contributed by atoms with Crippen LogP contribution >= 0.6 is 0 Å². The van der Waals surface area contributed by atoms with E-state index in [1.54, 1.807) is 0 Å². The van der Waals surface area contributed by atoms with Gasteiger partial charge in [-0.1, -0.05) is 0 Å². The van der Waals surface area contributed by atoms with Gasteiger partial charge in [-0.25, -0.2) is 4.98 Å². The zero-order chi connectivity index (χ0) is 10.2. The third kappa shape index (κ3) is 1.44. The molecule has 1 aromatic rings. The van der Waals surface area contributed by atoms with Gasteiger partial charge in [0.1, 0.15) is 5.76 Å². The number of oxazole rings is 1. The van der Waals surface area contributed by atoms with Crippen molar-refractivity contribution in [1.82, 2.24) is 4.98 Å². The van der Waals surface area contributed by atoms with Crippen molar-refractivity contribution in [3.8, 4) is 0 Å². The summed E-state index contributed by atoms with van der Waals surface area (Å²) in [4.78, 5) is 4.41. The zero-order valence-electron chi connectivity index (χ0n) is 8.67. The topological polar surface area (TPSA) is 61.3 Å². The average Bonchev–Trinajstić information content (AvgIpc) is 2.73. The van der Waals surface area contributed by atoms with E-state index in [-0.39, 0.29) is 5.41 Å². The van der Waals surface area contributed by atoms with Gasteiger partial charge in [0.05, 0.1) is 24.3 Å². The Kier molecular flexibility index (Phi) is 2.33. The lowest BCUT2D eigenvalue weighted by Crippen LogP contribution is -2.22. The molecule has 78 valence electrons. The highest BCUT2D eigenvalue weighted by Gasteiger charge is 2.36. The van der Waals surface area contributed by atoms with E-state index in [9.17, 15) is 0 Å². The maximum atomic E-state index is 5.63. The molecule has 0 spiro atoms. The van der Waals surface area contributed by atoms with Crippen LogP contribution in [-0.4, -0.2) is 18.2 Å². The number of aromatic nitrogens is 1. The van der Waals surface area contributed by atoms with Gasteiger partial charge in [0, 0.05) is 6.61 Å². The molecule has 1 fully saturated rings. The lowest BCUT2D eigenvalue weighted by Gasteiger charge is -2.16. The Labute approximate surface area is 83.4 Å². The predicted octanol–water partition coefficient (Wildman–Crippen LogP) is 1.12. The Balaban J connectivity index is 2.31. The Morgan fingerprint density at radius 3 is 2.86 bits per heavy atom. The summed E-state index contributed by atoms with van der Waals surface area (Å²) in [6.07, 6.45) is 0.969. The number of hydrogen-bond acceptors (Lipinski definition) is 4. The van der Waals surface area contributed by atoms with Crippen LogP contribution in [0, 0.1) is 6.92 Å². The van der Waals surface area contributed by atoms with Crippen molar-refractivity contribution < 1.29 is 9.15 Å². The summed E-state index contributed by atoms with van der Waals surface area (Å²) in [7, 11) is 0. The van der Waals surface area contributed by atoms with Gasteiger partial charge in [-0.15, -0.1) is 0 Å². The standard InChI is InChI=1S/C10H16N2O2/c1-7-8(5-11)14-9(12-7)10(2)3-4-13-6-10/h3-6,11H2,1-2H3. The van der Waals surface area contributed by atoms with E-state index in [1.807, 2.05) is 6.92 Å². The molecule has 2 rings (SSSR count). The van der Waals surface area contributed by atoms with Gasteiger partial charge >= 0.3 is 0 Å². The fourth-order valence-corrected chi connectivity index (χ4v) is 1.71. The van der Waals surface area contributed by atoms with E-state index in [4.69, 9.17) is 14.9 Å². The fourth-order valence-electron chi connectivity index (χ4n) is 1.71. The lowest BCUT2D eigenvalue weighted by atomic mass is 9.90. The maximum absolute atomic E-state index is 5.63. The van der Waals surface area contributed by atoms with Gasteiger partial charge in [-0.05, 0) is 20.3 Å².